The number of amides is 1. The Bertz CT molecular complexity index is 625. The number of rotatable bonds is 3. The number of carbonyl (C=O) groups excluding carboxylic acids is 1. The topological polar surface area (TPSA) is 66.9 Å². The lowest BCUT2D eigenvalue weighted by molar-refractivity contribution is -0.117. The summed E-state index contributed by atoms with van der Waals surface area (Å²) in [6.07, 6.45) is 1.63. The number of carbonyl (C=O) groups is 1. The maximum absolute atomic E-state index is 12.4. The molecule has 3 rings (SSSR count). The lowest BCUT2D eigenvalue weighted by Gasteiger charge is -2.25. The fourth-order valence-corrected chi connectivity index (χ4v) is 3.06. The molecule has 1 aliphatic rings. The van der Waals surface area contributed by atoms with Crippen LogP contribution in [-0.4, -0.2) is 22.6 Å². The smallest absolute Gasteiger partial charge is 0.233 e. The molecule has 0 saturated heterocycles. The van der Waals surface area contributed by atoms with Gasteiger partial charge in [-0.3, -0.25) is 10.1 Å². The summed E-state index contributed by atoms with van der Waals surface area (Å²) in [7, 11) is 0. The molecule has 1 aromatic heterocycles. The molecular formula is C14H16N4OS. The van der Waals surface area contributed by atoms with Gasteiger partial charge in [-0.25, -0.2) is 0 Å². The first-order valence-electron chi connectivity index (χ1n) is 6.74. The van der Waals surface area contributed by atoms with Gasteiger partial charge in [0.1, 0.15) is 5.01 Å². The van der Waals surface area contributed by atoms with Crippen molar-refractivity contribution < 1.29 is 4.79 Å². The van der Waals surface area contributed by atoms with E-state index in [9.17, 15) is 4.79 Å². The first-order valence-corrected chi connectivity index (χ1v) is 7.55. The molecule has 1 aromatic carbocycles. The van der Waals surface area contributed by atoms with E-state index in [1.165, 1.54) is 11.3 Å². The highest BCUT2D eigenvalue weighted by Gasteiger charge is 2.26. The van der Waals surface area contributed by atoms with Gasteiger partial charge in [0.2, 0.25) is 11.0 Å². The Labute approximate surface area is 121 Å². The van der Waals surface area contributed by atoms with Crippen LogP contribution in [0.5, 0.6) is 0 Å². The van der Waals surface area contributed by atoms with Gasteiger partial charge in [0.05, 0.1) is 5.92 Å². The molecule has 20 heavy (non-hydrogen) atoms. The molecule has 0 saturated carbocycles. The van der Waals surface area contributed by atoms with Crippen LogP contribution in [0.15, 0.2) is 24.3 Å². The van der Waals surface area contributed by atoms with Crippen molar-refractivity contribution in [3.8, 4) is 0 Å². The highest BCUT2D eigenvalue weighted by Crippen LogP contribution is 2.32. The van der Waals surface area contributed by atoms with Gasteiger partial charge in [0, 0.05) is 12.2 Å². The van der Waals surface area contributed by atoms with E-state index in [1.807, 2.05) is 31.2 Å². The maximum Gasteiger partial charge on any atom is 0.233 e. The van der Waals surface area contributed by atoms with Crippen molar-refractivity contribution in [1.29, 1.82) is 0 Å². The summed E-state index contributed by atoms with van der Waals surface area (Å²) >= 11 is 1.44. The molecule has 1 unspecified atom stereocenters. The molecule has 0 fully saturated rings. The van der Waals surface area contributed by atoms with Gasteiger partial charge in [-0.2, -0.15) is 0 Å². The van der Waals surface area contributed by atoms with E-state index in [4.69, 9.17) is 0 Å². The zero-order chi connectivity index (χ0) is 13.9. The van der Waals surface area contributed by atoms with E-state index in [0.717, 1.165) is 35.6 Å². The fraction of sp³-hybridized carbons (Fsp3) is 0.357. The Kier molecular flexibility index (Phi) is 3.64. The zero-order valence-corrected chi connectivity index (χ0v) is 12.0. The van der Waals surface area contributed by atoms with Crippen LogP contribution in [0.2, 0.25) is 0 Å². The predicted molar refractivity (Wildman–Crippen MR) is 80.2 cm³/mol. The molecule has 0 spiro atoms. The van der Waals surface area contributed by atoms with Crippen molar-refractivity contribution in [3.63, 3.8) is 0 Å². The number of nitrogens with one attached hydrogen (secondary N) is 2. The molecule has 2 aromatic rings. The molecule has 6 heteroatoms. The molecule has 104 valence electrons. The SMILES string of the molecule is CCc1nnc(NC(=O)C2CCNc3ccccc32)s1. The zero-order valence-electron chi connectivity index (χ0n) is 11.2. The van der Waals surface area contributed by atoms with E-state index < -0.39 is 0 Å². The van der Waals surface area contributed by atoms with Gasteiger partial charge in [-0.15, -0.1) is 10.2 Å². The number of hydrogen-bond acceptors (Lipinski definition) is 5. The second kappa shape index (κ2) is 5.58. The van der Waals surface area contributed by atoms with Crippen molar-refractivity contribution in [3.05, 3.63) is 34.8 Å². The number of aromatic nitrogens is 2. The second-order valence-electron chi connectivity index (χ2n) is 4.70. The Balaban J connectivity index is 1.78. The average molecular weight is 288 g/mol. The Hall–Kier alpha value is -1.95. The molecule has 2 N–H and O–H groups in total. The van der Waals surface area contributed by atoms with Crippen molar-refractivity contribution in [2.75, 3.05) is 17.2 Å². The molecule has 1 aliphatic heterocycles. The normalized spacial score (nSPS) is 17.1. The van der Waals surface area contributed by atoms with Crippen molar-refractivity contribution in [2.24, 2.45) is 0 Å². The molecule has 0 bridgehead atoms. The van der Waals surface area contributed by atoms with Gasteiger partial charge in [0.15, 0.2) is 0 Å². The predicted octanol–water partition coefficient (Wildman–Crippen LogP) is 2.64. The van der Waals surface area contributed by atoms with Crippen molar-refractivity contribution >= 4 is 28.1 Å². The van der Waals surface area contributed by atoms with Gasteiger partial charge < -0.3 is 5.32 Å². The number of fused-ring (bicyclic) bond motifs is 1. The number of aryl methyl sites for hydroxylation is 1. The van der Waals surface area contributed by atoms with Crippen LogP contribution < -0.4 is 10.6 Å². The quantitative estimate of drug-likeness (QED) is 0.911. The van der Waals surface area contributed by atoms with Crippen LogP contribution in [0, 0.1) is 0 Å². The first-order chi connectivity index (χ1) is 9.78. The summed E-state index contributed by atoms with van der Waals surface area (Å²) in [5, 5.41) is 15.7. The summed E-state index contributed by atoms with van der Waals surface area (Å²) in [6, 6.07) is 7.95. The Morgan fingerprint density at radius 1 is 1.45 bits per heavy atom. The number of benzene rings is 1. The Morgan fingerprint density at radius 2 is 2.30 bits per heavy atom. The van der Waals surface area contributed by atoms with E-state index in [-0.39, 0.29) is 11.8 Å². The first kappa shape index (κ1) is 13.1. The van der Waals surface area contributed by atoms with Gasteiger partial charge >= 0.3 is 0 Å². The number of hydrogen-bond donors (Lipinski definition) is 2. The van der Waals surface area contributed by atoms with Gasteiger partial charge in [0.25, 0.3) is 0 Å². The number of nitrogens with zero attached hydrogens (tertiary/aromatic N) is 2. The van der Waals surface area contributed by atoms with E-state index in [1.54, 1.807) is 0 Å². The number of para-hydroxylation sites is 1. The lowest BCUT2D eigenvalue weighted by atomic mass is 9.90. The van der Waals surface area contributed by atoms with Crippen LogP contribution in [0.25, 0.3) is 0 Å². The fourth-order valence-electron chi connectivity index (χ4n) is 2.38. The summed E-state index contributed by atoms with van der Waals surface area (Å²) in [5.74, 6) is -0.126. The minimum atomic E-state index is -0.124. The van der Waals surface area contributed by atoms with Crippen LogP contribution >= 0.6 is 11.3 Å². The van der Waals surface area contributed by atoms with E-state index in [0.29, 0.717) is 5.13 Å². The summed E-state index contributed by atoms with van der Waals surface area (Å²) in [6.45, 7) is 2.83. The third kappa shape index (κ3) is 2.51. The number of anilines is 2. The third-order valence-electron chi connectivity index (χ3n) is 3.40. The second-order valence-corrected chi connectivity index (χ2v) is 5.76. The van der Waals surface area contributed by atoms with Gasteiger partial charge in [-0.1, -0.05) is 36.5 Å². The summed E-state index contributed by atoms with van der Waals surface area (Å²) < 4.78 is 0. The molecule has 0 radical (unpaired) electrons. The van der Waals surface area contributed by atoms with Crippen LogP contribution in [0.3, 0.4) is 0 Å². The van der Waals surface area contributed by atoms with Crippen LogP contribution in [-0.2, 0) is 11.2 Å². The summed E-state index contributed by atoms with van der Waals surface area (Å²) in [4.78, 5) is 12.4. The molecular weight excluding hydrogens is 272 g/mol. The van der Waals surface area contributed by atoms with E-state index in [2.05, 4.69) is 20.8 Å². The molecule has 0 aliphatic carbocycles. The largest absolute Gasteiger partial charge is 0.385 e. The average Bonchev–Trinajstić information content (AvgIpc) is 2.94. The molecule has 1 amide bonds. The Morgan fingerprint density at radius 3 is 3.10 bits per heavy atom. The van der Waals surface area contributed by atoms with Crippen molar-refractivity contribution in [2.45, 2.75) is 25.7 Å². The maximum atomic E-state index is 12.4. The third-order valence-corrected chi connectivity index (χ3v) is 4.38. The standard InChI is InChI=1S/C14H16N4OS/c1-2-12-17-18-14(20-12)16-13(19)10-7-8-15-11-6-4-3-5-9(10)11/h3-6,10,15H,2,7-8H2,1H3,(H,16,18,19). The highest BCUT2D eigenvalue weighted by molar-refractivity contribution is 7.15. The lowest BCUT2D eigenvalue weighted by Crippen LogP contribution is -2.27. The monoisotopic (exact) mass is 288 g/mol. The van der Waals surface area contributed by atoms with Crippen LogP contribution in [0.4, 0.5) is 10.8 Å². The van der Waals surface area contributed by atoms with E-state index >= 15 is 0 Å². The van der Waals surface area contributed by atoms with Gasteiger partial charge in [-0.05, 0) is 24.5 Å². The van der Waals surface area contributed by atoms with Crippen molar-refractivity contribution in [1.82, 2.24) is 10.2 Å². The minimum absolute atomic E-state index is 0.00208. The highest BCUT2D eigenvalue weighted by atomic mass is 32.1. The molecule has 1 atom stereocenters. The molecule has 2 heterocycles. The minimum Gasteiger partial charge on any atom is -0.385 e. The van der Waals surface area contributed by atoms with Crippen LogP contribution in [0.1, 0.15) is 29.8 Å². The molecule has 5 nitrogen and oxygen atoms in total. The summed E-state index contributed by atoms with van der Waals surface area (Å²) in [5.41, 5.74) is 2.10.